The summed E-state index contributed by atoms with van der Waals surface area (Å²) in [5.74, 6) is 0.952. The van der Waals surface area contributed by atoms with Gasteiger partial charge in [-0.25, -0.2) is 0 Å². The van der Waals surface area contributed by atoms with E-state index in [0.29, 0.717) is 36.8 Å². The van der Waals surface area contributed by atoms with E-state index in [1.807, 2.05) is 16.7 Å². The summed E-state index contributed by atoms with van der Waals surface area (Å²) in [6.45, 7) is 5.26. The Balaban J connectivity index is 1.64. The minimum atomic E-state index is -0.0243. The summed E-state index contributed by atoms with van der Waals surface area (Å²) in [5.41, 5.74) is 6.49. The lowest BCUT2D eigenvalue weighted by molar-refractivity contribution is -0.134. The van der Waals surface area contributed by atoms with Crippen molar-refractivity contribution < 1.29 is 19.1 Å². The molecule has 2 fully saturated rings. The molecule has 2 heterocycles. The predicted octanol–water partition coefficient (Wildman–Crippen LogP) is 2.04. The standard InChI is InChI=1S/C21H31N3O4/c1-2-27-19-14-16(21(26)24-12-8-17(22)9-13-24)6-7-18(19)28-15-20(25)23-10-4-3-5-11-23/h6-7,14,17H,2-5,8-13,15,22H2,1H3. The number of likely N-dealkylation sites (tertiary alicyclic amines) is 2. The van der Waals surface area contributed by atoms with E-state index < -0.39 is 0 Å². The fraction of sp³-hybridized carbons (Fsp3) is 0.619. The molecule has 1 aromatic rings. The maximum absolute atomic E-state index is 12.8. The highest BCUT2D eigenvalue weighted by atomic mass is 16.5. The molecule has 0 spiro atoms. The molecule has 2 amide bonds. The Bertz CT molecular complexity index is 680. The van der Waals surface area contributed by atoms with E-state index in [1.54, 1.807) is 18.2 Å². The van der Waals surface area contributed by atoms with E-state index in [9.17, 15) is 9.59 Å². The minimum Gasteiger partial charge on any atom is -0.490 e. The molecule has 3 rings (SSSR count). The van der Waals surface area contributed by atoms with Crippen LogP contribution in [0.5, 0.6) is 11.5 Å². The smallest absolute Gasteiger partial charge is 0.260 e. The second-order valence-electron chi connectivity index (χ2n) is 7.45. The number of ether oxygens (including phenoxy) is 2. The van der Waals surface area contributed by atoms with Crippen molar-refractivity contribution in [2.45, 2.75) is 45.1 Å². The molecule has 154 valence electrons. The maximum atomic E-state index is 12.8. The molecule has 0 saturated carbocycles. The fourth-order valence-electron chi connectivity index (χ4n) is 3.69. The Hall–Kier alpha value is -2.28. The highest BCUT2D eigenvalue weighted by Gasteiger charge is 2.23. The van der Waals surface area contributed by atoms with E-state index in [1.165, 1.54) is 6.42 Å². The summed E-state index contributed by atoms with van der Waals surface area (Å²) in [6.07, 6.45) is 4.92. The van der Waals surface area contributed by atoms with Crippen molar-refractivity contribution in [2.75, 3.05) is 39.4 Å². The first-order valence-electron chi connectivity index (χ1n) is 10.3. The van der Waals surface area contributed by atoms with Gasteiger partial charge in [-0.15, -0.1) is 0 Å². The second-order valence-corrected chi connectivity index (χ2v) is 7.45. The molecule has 7 heteroatoms. The topological polar surface area (TPSA) is 85.1 Å². The highest BCUT2D eigenvalue weighted by Crippen LogP contribution is 2.29. The maximum Gasteiger partial charge on any atom is 0.260 e. The molecule has 0 radical (unpaired) electrons. The fourth-order valence-corrected chi connectivity index (χ4v) is 3.69. The molecule has 0 aromatic heterocycles. The summed E-state index contributed by atoms with van der Waals surface area (Å²) in [5, 5.41) is 0. The first-order valence-corrected chi connectivity index (χ1v) is 10.3. The van der Waals surface area contributed by atoms with Crippen LogP contribution in [0.3, 0.4) is 0 Å². The van der Waals surface area contributed by atoms with Crippen LogP contribution in [0.15, 0.2) is 18.2 Å². The van der Waals surface area contributed by atoms with Crippen LogP contribution < -0.4 is 15.2 Å². The Morgan fingerprint density at radius 1 is 1.00 bits per heavy atom. The van der Waals surface area contributed by atoms with Gasteiger partial charge in [0, 0.05) is 37.8 Å². The number of benzene rings is 1. The third kappa shape index (κ3) is 5.16. The van der Waals surface area contributed by atoms with Gasteiger partial charge < -0.3 is 25.0 Å². The molecular formula is C21H31N3O4. The van der Waals surface area contributed by atoms with Crippen molar-refractivity contribution >= 4 is 11.8 Å². The van der Waals surface area contributed by atoms with Crippen LogP contribution in [0.25, 0.3) is 0 Å². The van der Waals surface area contributed by atoms with Crippen molar-refractivity contribution in [1.82, 2.24) is 9.80 Å². The van der Waals surface area contributed by atoms with Crippen LogP contribution in [0.2, 0.25) is 0 Å². The number of hydrogen-bond acceptors (Lipinski definition) is 5. The molecule has 28 heavy (non-hydrogen) atoms. The lowest BCUT2D eigenvalue weighted by Gasteiger charge is -2.30. The zero-order valence-electron chi connectivity index (χ0n) is 16.7. The van der Waals surface area contributed by atoms with Crippen molar-refractivity contribution in [1.29, 1.82) is 0 Å². The van der Waals surface area contributed by atoms with Gasteiger partial charge in [0.1, 0.15) is 0 Å². The monoisotopic (exact) mass is 389 g/mol. The van der Waals surface area contributed by atoms with E-state index in [0.717, 1.165) is 38.8 Å². The van der Waals surface area contributed by atoms with Crippen LogP contribution in [0.1, 0.15) is 49.4 Å². The van der Waals surface area contributed by atoms with Crippen LogP contribution >= 0.6 is 0 Å². The normalized spacial score (nSPS) is 18.1. The molecule has 7 nitrogen and oxygen atoms in total. The van der Waals surface area contributed by atoms with Crippen LogP contribution in [-0.4, -0.2) is 67.0 Å². The summed E-state index contributed by atoms with van der Waals surface area (Å²) in [7, 11) is 0. The number of rotatable bonds is 6. The van der Waals surface area contributed by atoms with Gasteiger partial charge in [-0.3, -0.25) is 9.59 Å². The largest absolute Gasteiger partial charge is 0.490 e. The molecule has 1 aromatic carbocycles. The SMILES string of the molecule is CCOc1cc(C(=O)N2CCC(N)CC2)ccc1OCC(=O)N1CCCCC1. The van der Waals surface area contributed by atoms with Gasteiger partial charge in [-0.1, -0.05) is 0 Å². The molecule has 0 bridgehead atoms. The number of carbonyl (C=O) groups excluding carboxylic acids is 2. The zero-order chi connectivity index (χ0) is 19.9. The third-order valence-corrected chi connectivity index (χ3v) is 5.38. The van der Waals surface area contributed by atoms with Crippen molar-refractivity contribution in [3.05, 3.63) is 23.8 Å². The molecule has 2 aliphatic rings. The van der Waals surface area contributed by atoms with Gasteiger partial charge >= 0.3 is 0 Å². The van der Waals surface area contributed by atoms with Gasteiger partial charge in [-0.05, 0) is 57.2 Å². The lowest BCUT2D eigenvalue weighted by atomic mass is 10.0. The first-order chi connectivity index (χ1) is 13.6. The van der Waals surface area contributed by atoms with Crippen LogP contribution in [-0.2, 0) is 4.79 Å². The lowest BCUT2D eigenvalue weighted by Crippen LogP contribution is -2.42. The van der Waals surface area contributed by atoms with Crippen molar-refractivity contribution in [3.8, 4) is 11.5 Å². The van der Waals surface area contributed by atoms with Gasteiger partial charge in [0.25, 0.3) is 11.8 Å². The average Bonchev–Trinajstić information content (AvgIpc) is 2.73. The number of hydrogen-bond donors (Lipinski definition) is 1. The Kier molecular flexibility index (Phi) is 7.14. The van der Waals surface area contributed by atoms with Gasteiger partial charge in [0.2, 0.25) is 0 Å². The van der Waals surface area contributed by atoms with Crippen LogP contribution in [0, 0.1) is 0 Å². The predicted molar refractivity (Wildman–Crippen MR) is 107 cm³/mol. The average molecular weight is 389 g/mol. The van der Waals surface area contributed by atoms with Crippen molar-refractivity contribution in [2.24, 2.45) is 5.73 Å². The third-order valence-electron chi connectivity index (χ3n) is 5.38. The number of carbonyl (C=O) groups is 2. The first kappa shape index (κ1) is 20.5. The van der Waals surface area contributed by atoms with Gasteiger partial charge in [-0.2, -0.15) is 0 Å². The summed E-state index contributed by atoms with van der Waals surface area (Å²) < 4.78 is 11.4. The van der Waals surface area contributed by atoms with Crippen molar-refractivity contribution in [3.63, 3.8) is 0 Å². The number of nitrogens with zero attached hydrogens (tertiary/aromatic N) is 2. The zero-order valence-corrected chi connectivity index (χ0v) is 16.7. The molecule has 0 aliphatic carbocycles. The van der Waals surface area contributed by atoms with Crippen LogP contribution in [0.4, 0.5) is 0 Å². The summed E-state index contributed by atoms with van der Waals surface area (Å²) in [6, 6.07) is 5.34. The second kappa shape index (κ2) is 9.78. The molecular weight excluding hydrogens is 358 g/mol. The number of amides is 2. The molecule has 2 saturated heterocycles. The number of piperidine rings is 2. The molecule has 2 aliphatic heterocycles. The Labute approximate surface area is 166 Å². The van der Waals surface area contributed by atoms with Gasteiger partial charge in [0.05, 0.1) is 6.61 Å². The van der Waals surface area contributed by atoms with E-state index in [-0.39, 0.29) is 24.5 Å². The molecule has 0 atom stereocenters. The Morgan fingerprint density at radius 3 is 2.39 bits per heavy atom. The van der Waals surface area contributed by atoms with E-state index in [2.05, 4.69) is 0 Å². The minimum absolute atomic E-state index is 0.00745. The Morgan fingerprint density at radius 2 is 1.71 bits per heavy atom. The summed E-state index contributed by atoms with van der Waals surface area (Å²) >= 11 is 0. The summed E-state index contributed by atoms with van der Waals surface area (Å²) in [4.78, 5) is 28.8. The quantitative estimate of drug-likeness (QED) is 0.805. The highest BCUT2D eigenvalue weighted by molar-refractivity contribution is 5.95. The molecule has 0 unspecified atom stereocenters. The van der Waals surface area contributed by atoms with E-state index >= 15 is 0 Å². The van der Waals surface area contributed by atoms with Gasteiger partial charge in [0.15, 0.2) is 18.1 Å². The number of nitrogens with two attached hydrogens (primary N) is 1. The van der Waals surface area contributed by atoms with E-state index in [4.69, 9.17) is 15.2 Å². The molecule has 2 N–H and O–H groups in total.